The zero-order valence-corrected chi connectivity index (χ0v) is 11.3. The molecule has 0 spiro atoms. The summed E-state index contributed by atoms with van der Waals surface area (Å²) in [5, 5.41) is 9.65. The van der Waals surface area contributed by atoms with Gasteiger partial charge in [-0.2, -0.15) is 0 Å². The van der Waals surface area contributed by atoms with Gasteiger partial charge in [0.1, 0.15) is 5.54 Å². The number of hydrogen-bond donors (Lipinski definition) is 1. The molecule has 1 fully saturated rings. The predicted octanol–water partition coefficient (Wildman–Crippen LogP) is 3.07. The molecule has 1 aromatic rings. The molecule has 2 rings (SSSR count). The lowest BCUT2D eigenvalue weighted by Crippen LogP contribution is -2.54. The lowest BCUT2D eigenvalue weighted by molar-refractivity contribution is -0.143. The number of aliphatic carboxylic acids is 1. The Kier molecular flexibility index (Phi) is 3.33. The third-order valence-electron chi connectivity index (χ3n) is 4.09. The maximum absolute atomic E-state index is 11.7. The SMILES string of the molecule is CCN(c1ccccc1C)C(C)(C(=O)O)C1CC1. The molecule has 0 heterocycles. The number of anilines is 1. The van der Waals surface area contributed by atoms with Crippen LogP contribution < -0.4 is 4.90 Å². The number of benzene rings is 1. The van der Waals surface area contributed by atoms with E-state index in [9.17, 15) is 9.90 Å². The van der Waals surface area contributed by atoms with Gasteiger partial charge in [0.2, 0.25) is 0 Å². The summed E-state index contributed by atoms with van der Waals surface area (Å²) in [6.45, 7) is 6.64. The van der Waals surface area contributed by atoms with E-state index < -0.39 is 11.5 Å². The minimum Gasteiger partial charge on any atom is -0.479 e. The van der Waals surface area contributed by atoms with Gasteiger partial charge in [0.15, 0.2) is 0 Å². The Hall–Kier alpha value is -1.51. The highest BCUT2D eigenvalue weighted by Crippen LogP contribution is 2.45. The maximum atomic E-state index is 11.7. The van der Waals surface area contributed by atoms with Crippen LogP contribution in [0, 0.1) is 12.8 Å². The van der Waals surface area contributed by atoms with Crippen molar-refractivity contribution in [1.82, 2.24) is 0 Å². The van der Waals surface area contributed by atoms with Crippen LogP contribution in [0.5, 0.6) is 0 Å². The molecule has 0 bridgehead atoms. The van der Waals surface area contributed by atoms with Crippen LogP contribution in [0.4, 0.5) is 5.69 Å². The van der Waals surface area contributed by atoms with Crippen molar-refractivity contribution in [1.29, 1.82) is 0 Å². The van der Waals surface area contributed by atoms with Gasteiger partial charge in [-0.15, -0.1) is 0 Å². The van der Waals surface area contributed by atoms with Crippen LogP contribution in [0.2, 0.25) is 0 Å². The Morgan fingerprint density at radius 2 is 2.06 bits per heavy atom. The Balaban J connectivity index is 2.44. The van der Waals surface area contributed by atoms with E-state index in [4.69, 9.17) is 0 Å². The molecule has 18 heavy (non-hydrogen) atoms. The molecule has 0 aliphatic heterocycles. The van der Waals surface area contributed by atoms with Crippen LogP contribution in [0.1, 0.15) is 32.3 Å². The number of carboxylic acids is 1. The molecule has 0 radical (unpaired) electrons. The first-order chi connectivity index (χ1) is 8.51. The molecule has 1 unspecified atom stereocenters. The number of para-hydroxylation sites is 1. The van der Waals surface area contributed by atoms with E-state index >= 15 is 0 Å². The summed E-state index contributed by atoms with van der Waals surface area (Å²) in [6.07, 6.45) is 2.04. The highest BCUT2D eigenvalue weighted by Gasteiger charge is 2.51. The second-order valence-corrected chi connectivity index (χ2v) is 5.26. The molecular weight excluding hydrogens is 226 g/mol. The fourth-order valence-electron chi connectivity index (χ4n) is 2.77. The lowest BCUT2D eigenvalue weighted by Gasteiger charge is -2.40. The van der Waals surface area contributed by atoms with Crippen molar-refractivity contribution in [2.45, 2.75) is 39.2 Å². The number of likely N-dealkylation sites (N-methyl/N-ethyl adjacent to an activating group) is 1. The van der Waals surface area contributed by atoms with Gasteiger partial charge in [-0.25, -0.2) is 4.79 Å². The molecule has 0 saturated heterocycles. The van der Waals surface area contributed by atoms with E-state index in [0.717, 1.165) is 24.1 Å². The van der Waals surface area contributed by atoms with E-state index in [-0.39, 0.29) is 5.92 Å². The average molecular weight is 247 g/mol. The van der Waals surface area contributed by atoms with E-state index in [1.165, 1.54) is 0 Å². The molecule has 1 aliphatic rings. The van der Waals surface area contributed by atoms with Crippen molar-refractivity contribution >= 4 is 11.7 Å². The second-order valence-electron chi connectivity index (χ2n) is 5.26. The van der Waals surface area contributed by atoms with Crippen LogP contribution in [-0.2, 0) is 4.79 Å². The molecule has 1 N–H and O–H groups in total. The molecule has 98 valence electrons. The van der Waals surface area contributed by atoms with Gasteiger partial charge in [0.05, 0.1) is 0 Å². The summed E-state index contributed by atoms with van der Waals surface area (Å²) < 4.78 is 0. The quantitative estimate of drug-likeness (QED) is 0.869. The van der Waals surface area contributed by atoms with Crippen molar-refractivity contribution in [3.8, 4) is 0 Å². The van der Waals surface area contributed by atoms with E-state index in [1.54, 1.807) is 0 Å². The zero-order chi connectivity index (χ0) is 13.3. The van der Waals surface area contributed by atoms with Crippen LogP contribution in [0.3, 0.4) is 0 Å². The average Bonchev–Trinajstić information content (AvgIpc) is 3.16. The number of hydrogen-bond acceptors (Lipinski definition) is 2. The summed E-state index contributed by atoms with van der Waals surface area (Å²) in [4.78, 5) is 13.8. The van der Waals surface area contributed by atoms with E-state index in [2.05, 4.69) is 0 Å². The normalized spacial score (nSPS) is 18.2. The third kappa shape index (κ3) is 1.98. The van der Waals surface area contributed by atoms with Crippen LogP contribution in [0.15, 0.2) is 24.3 Å². The summed E-state index contributed by atoms with van der Waals surface area (Å²) in [5.74, 6) is -0.440. The third-order valence-corrected chi connectivity index (χ3v) is 4.09. The molecule has 0 amide bonds. The number of carbonyl (C=O) groups is 1. The molecule has 3 nitrogen and oxygen atoms in total. The monoisotopic (exact) mass is 247 g/mol. The zero-order valence-electron chi connectivity index (χ0n) is 11.3. The molecule has 1 aliphatic carbocycles. The molecule has 1 atom stereocenters. The summed E-state index contributed by atoms with van der Waals surface area (Å²) in [6, 6.07) is 8.01. The first-order valence-electron chi connectivity index (χ1n) is 6.58. The van der Waals surface area contributed by atoms with Gasteiger partial charge in [-0.05, 0) is 51.2 Å². The Morgan fingerprint density at radius 1 is 1.44 bits per heavy atom. The minimum absolute atomic E-state index is 0.273. The van der Waals surface area contributed by atoms with Gasteiger partial charge in [0, 0.05) is 12.2 Å². The van der Waals surface area contributed by atoms with Crippen molar-refractivity contribution in [2.75, 3.05) is 11.4 Å². The summed E-state index contributed by atoms with van der Waals surface area (Å²) in [7, 11) is 0. The smallest absolute Gasteiger partial charge is 0.329 e. The number of aryl methyl sites for hydroxylation is 1. The summed E-state index contributed by atoms with van der Waals surface area (Å²) in [5.41, 5.74) is 1.39. The van der Waals surface area contributed by atoms with E-state index in [1.807, 2.05) is 49.9 Å². The van der Waals surface area contributed by atoms with Crippen LogP contribution >= 0.6 is 0 Å². The van der Waals surface area contributed by atoms with Gasteiger partial charge in [-0.1, -0.05) is 18.2 Å². The fourth-order valence-corrected chi connectivity index (χ4v) is 2.77. The summed E-state index contributed by atoms with van der Waals surface area (Å²) >= 11 is 0. The van der Waals surface area contributed by atoms with Crippen LogP contribution in [0.25, 0.3) is 0 Å². The number of nitrogens with zero attached hydrogens (tertiary/aromatic N) is 1. The van der Waals surface area contributed by atoms with Gasteiger partial charge in [0.25, 0.3) is 0 Å². The number of carboxylic acid groups (broad SMARTS) is 1. The van der Waals surface area contributed by atoms with Crippen molar-refractivity contribution in [2.24, 2.45) is 5.92 Å². The minimum atomic E-state index is -0.777. The molecule has 3 heteroatoms. The fraction of sp³-hybridized carbons (Fsp3) is 0.533. The van der Waals surface area contributed by atoms with Gasteiger partial charge >= 0.3 is 5.97 Å². The van der Waals surface area contributed by atoms with Crippen molar-refractivity contribution < 1.29 is 9.90 Å². The van der Waals surface area contributed by atoms with E-state index in [0.29, 0.717) is 6.54 Å². The molecule has 1 aromatic carbocycles. The second kappa shape index (κ2) is 4.63. The topological polar surface area (TPSA) is 40.5 Å². The Bertz CT molecular complexity index is 454. The Morgan fingerprint density at radius 3 is 2.50 bits per heavy atom. The lowest BCUT2D eigenvalue weighted by atomic mass is 9.92. The first kappa shape index (κ1) is 12.9. The largest absolute Gasteiger partial charge is 0.479 e. The maximum Gasteiger partial charge on any atom is 0.329 e. The molecular formula is C15H21NO2. The Labute approximate surface area is 108 Å². The predicted molar refractivity (Wildman–Crippen MR) is 73.0 cm³/mol. The van der Waals surface area contributed by atoms with Crippen molar-refractivity contribution in [3.63, 3.8) is 0 Å². The van der Waals surface area contributed by atoms with Crippen LogP contribution in [-0.4, -0.2) is 23.2 Å². The van der Waals surface area contributed by atoms with Gasteiger partial charge in [-0.3, -0.25) is 0 Å². The standard InChI is InChI=1S/C15H21NO2/c1-4-16(13-8-6-5-7-11(13)2)15(3,14(17)18)12-9-10-12/h5-8,12H,4,9-10H2,1-3H3,(H,17,18). The highest BCUT2D eigenvalue weighted by molar-refractivity contribution is 5.84. The molecule has 1 saturated carbocycles. The first-order valence-corrected chi connectivity index (χ1v) is 6.58. The highest BCUT2D eigenvalue weighted by atomic mass is 16.4. The van der Waals surface area contributed by atoms with Crippen molar-refractivity contribution in [3.05, 3.63) is 29.8 Å². The number of rotatable bonds is 5. The van der Waals surface area contributed by atoms with Gasteiger partial charge < -0.3 is 10.0 Å². The molecule has 0 aromatic heterocycles.